The molecule has 1 aliphatic heterocycles. The summed E-state index contributed by atoms with van der Waals surface area (Å²) in [6.07, 6.45) is 1.43. The summed E-state index contributed by atoms with van der Waals surface area (Å²) in [6.45, 7) is 6.63. The maximum absolute atomic E-state index is 11.7. The summed E-state index contributed by atoms with van der Waals surface area (Å²) in [4.78, 5) is 17.7. The molecule has 0 bridgehead atoms. The van der Waals surface area contributed by atoms with E-state index in [0.29, 0.717) is 30.3 Å². The molecule has 23 heavy (non-hydrogen) atoms. The van der Waals surface area contributed by atoms with E-state index < -0.39 is 0 Å². The number of likely N-dealkylation sites (tertiary alicyclic amines) is 1. The molecule has 7 nitrogen and oxygen atoms in total. The van der Waals surface area contributed by atoms with Crippen molar-refractivity contribution in [2.24, 2.45) is 0 Å². The van der Waals surface area contributed by atoms with Crippen molar-refractivity contribution in [1.29, 1.82) is 0 Å². The predicted molar refractivity (Wildman–Crippen MR) is 84.8 cm³/mol. The minimum Gasteiger partial charge on any atom is -0.450 e. The molecular formula is C16H20N4O3. The Morgan fingerprint density at radius 1 is 1.52 bits per heavy atom. The number of ether oxygens (including phenoxy) is 1. The lowest BCUT2D eigenvalue weighted by Gasteiger charge is -2.44. The molecule has 122 valence electrons. The molecule has 1 amide bonds. The standard InChI is InChI=1S/C16H20N4O3/c1-4-22-16(21)20-8-11(10(20)3)13-6-15(23-19-13)14-5-12(17)9(2)7-18-14/h5-7,10-11H,4,8H2,1-3H3,(H2,17,18). The van der Waals surface area contributed by atoms with E-state index in [4.69, 9.17) is 15.0 Å². The fourth-order valence-electron chi connectivity index (χ4n) is 2.66. The number of carbonyl (C=O) groups excluding carboxylic acids is 1. The number of carbonyl (C=O) groups is 1. The molecule has 3 rings (SSSR count). The quantitative estimate of drug-likeness (QED) is 0.935. The Bertz CT molecular complexity index is 728. The third-order valence-corrected chi connectivity index (χ3v) is 4.28. The Balaban J connectivity index is 1.73. The van der Waals surface area contributed by atoms with Crippen molar-refractivity contribution >= 4 is 11.8 Å². The van der Waals surface area contributed by atoms with Crippen LogP contribution in [-0.4, -0.2) is 40.3 Å². The van der Waals surface area contributed by atoms with Crippen LogP contribution in [0.3, 0.4) is 0 Å². The summed E-state index contributed by atoms with van der Waals surface area (Å²) in [5, 5.41) is 4.12. The molecule has 1 saturated heterocycles. The van der Waals surface area contributed by atoms with Crippen LogP contribution in [0.15, 0.2) is 22.9 Å². The van der Waals surface area contributed by atoms with Gasteiger partial charge in [0.05, 0.1) is 12.3 Å². The molecule has 2 unspecified atom stereocenters. The van der Waals surface area contributed by atoms with Gasteiger partial charge in [0.25, 0.3) is 0 Å². The smallest absolute Gasteiger partial charge is 0.410 e. The van der Waals surface area contributed by atoms with Gasteiger partial charge in [0.15, 0.2) is 5.76 Å². The number of amides is 1. The van der Waals surface area contributed by atoms with Gasteiger partial charge in [-0.05, 0) is 32.4 Å². The Labute approximate surface area is 134 Å². The van der Waals surface area contributed by atoms with Crippen LogP contribution in [0, 0.1) is 6.92 Å². The molecule has 2 aromatic rings. The molecule has 3 heterocycles. The Morgan fingerprint density at radius 3 is 2.96 bits per heavy atom. The molecule has 2 atom stereocenters. The maximum Gasteiger partial charge on any atom is 0.410 e. The average Bonchev–Trinajstić information content (AvgIpc) is 2.98. The topological polar surface area (TPSA) is 94.5 Å². The van der Waals surface area contributed by atoms with Crippen LogP contribution in [0.5, 0.6) is 0 Å². The van der Waals surface area contributed by atoms with E-state index in [0.717, 1.165) is 11.3 Å². The van der Waals surface area contributed by atoms with Crippen molar-refractivity contribution in [2.45, 2.75) is 32.7 Å². The van der Waals surface area contributed by atoms with Gasteiger partial charge in [0, 0.05) is 36.5 Å². The van der Waals surface area contributed by atoms with Gasteiger partial charge < -0.3 is 19.9 Å². The second-order valence-corrected chi connectivity index (χ2v) is 5.74. The highest BCUT2D eigenvalue weighted by Gasteiger charge is 2.42. The summed E-state index contributed by atoms with van der Waals surface area (Å²) in [5.74, 6) is 0.716. The van der Waals surface area contributed by atoms with Crippen molar-refractivity contribution in [3.05, 3.63) is 29.6 Å². The van der Waals surface area contributed by atoms with Gasteiger partial charge in [-0.3, -0.25) is 4.98 Å². The van der Waals surface area contributed by atoms with E-state index in [1.807, 2.05) is 19.9 Å². The third kappa shape index (κ3) is 2.74. The second-order valence-electron chi connectivity index (χ2n) is 5.74. The van der Waals surface area contributed by atoms with Gasteiger partial charge in [0.2, 0.25) is 0 Å². The fourth-order valence-corrected chi connectivity index (χ4v) is 2.66. The number of hydrogen-bond donors (Lipinski definition) is 1. The Hall–Kier alpha value is -2.57. The summed E-state index contributed by atoms with van der Waals surface area (Å²) >= 11 is 0. The lowest BCUT2D eigenvalue weighted by molar-refractivity contribution is 0.0405. The SMILES string of the molecule is CCOC(=O)N1CC(c2cc(-c3cc(N)c(C)cn3)on2)C1C. The van der Waals surface area contributed by atoms with Crippen LogP contribution in [-0.2, 0) is 4.74 Å². The van der Waals surface area contributed by atoms with Crippen LogP contribution >= 0.6 is 0 Å². The van der Waals surface area contributed by atoms with E-state index in [1.54, 1.807) is 24.1 Å². The van der Waals surface area contributed by atoms with Crippen molar-refractivity contribution in [2.75, 3.05) is 18.9 Å². The lowest BCUT2D eigenvalue weighted by atomic mass is 9.87. The highest BCUT2D eigenvalue weighted by Crippen LogP contribution is 2.35. The van der Waals surface area contributed by atoms with E-state index in [9.17, 15) is 4.79 Å². The number of aromatic nitrogens is 2. The molecule has 0 saturated carbocycles. The largest absolute Gasteiger partial charge is 0.450 e. The second kappa shape index (κ2) is 5.91. The first-order chi connectivity index (χ1) is 11.0. The van der Waals surface area contributed by atoms with Crippen LogP contribution in [0.25, 0.3) is 11.5 Å². The van der Waals surface area contributed by atoms with Crippen molar-refractivity contribution in [3.63, 3.8) is 0 Å². The Morgan fingerprint density at radius 2 is 2.30 bits per heavy atom. The number of aryl methyl sites for hydroxylation is 1. The normalized spacial score (nSPS) is 20.2. The van der Waals surface area contributed by atoms with E-state index >= 15 is 0 Å². The first-order valence-electron chi connectivity index (χ1n) is 7.63. The van der Waals surface area contributed by atoms with Gasteiger partial charge in [-0.15, -0.1) is 0 Å². The van der Waals surface area contributed by atoms with Gasteiger partial charge >= 0.3 is 6.09 Å². The number of rotatable bonds is 3. The number of nitrogens with two attached hydrogens (primary N) is 1. The van der Waals surface area contributed by atoms with Crippen molar-refractivity contribution in [1.82, 2.24) is 15.0 Å². The summed E-state index contributed by atoms with van der Waals surface area (Å²) < 4.78 is 10.4. The van der Waals surface area contributed by atoms with Crippen LogP contribution < -0.4 is 5.73 Å². The monoisotopic (exact) mass is 316 g/mol. The molecule has 0 spiro atoms. The number of pyridine rings is 1. The molecule has 0 aliphatic carbocycles. The minimum absolute atomic E-state index is 0.0306. The van der Waals surface area contributed by atoms with Gasteiger partial charge in [0.1, 0.15) is 5.69 Å². The predicted octanol–water partition coefficient (Wildman–Crippen LogP) is 2.57. The van der Waals surface area contributed by atoms with E-state index in [2.05, 4.69) is 10.1 Å². The zero-order valence-electron chi connectivity index (χ0n) is 13.4. The lowest BCUT2D eigenvalue weighted by Crippen LogP contribution is -2.55. The molecule has 2 aromatic heterocycles. The highest BCUT2D eigenvalue weighted by atomic mass is 16.6. The fraction of sp³-hybridized carbons (Fsp3) is 0.438. The Kier molecular flexibility index (Phi) is 3.94. The number of hydrogen-bond acceptors (Lipinski definition) is 6. The van der Waals surface area contributed by atoms with Gasteiger partial charge in [-0.2, -0.15) is 0 Å². The zero-order chi connectivity index (χ0) is 16.6. The molecule has 1 aliphatic rings. The maximum atomic E-state index is 11.7. The molecule has 0 radical (unpaired) electrons. The molecule has 1 fully saturated rings. The first-order valence-corrected chi connectivity index (χ1v) is 7.63. The average molecular weight is 316 g/mol. The molecule has 7 heteroatoms. The third-order valence-electron chi connectivity index (χ3n) is 4.28. The van der Waals surface area contributed by atoms with Crippen LogP contribution in [0.1, 0.15) is 31.0 Å². The summed E-state index contributed by atoms with van der Waals surface area (Å²) in [5.41, 5.74) is 8.96. The zero-order valence-corrected chi connectivity index (χ0v) is 13.4. The number of nitrogens with zero attached hydrogens (tertiary/aromatic N) is 3. The van der Waals surface area contributed by atoms with Gasteiger partial charge in [-0.25, -0.2) is 4.79 Å². The number of anilines is 1. The number of nitrogen functional groups attached to an aromatic ring is 1. The van der Waals surface area contributed by atoms with Gasteiger partial charge in [-0.1, -0.05) is 5.16 Å². The highest BCUT2D eigenvalue weighted by molar-refractivity contribution is 5.70. The van der Waals surface area contributed by atoms with E-state index in [-0.39, 0.29) is 18.1 Å². The van der Waals surface area contributed by atoms with Crippen LogP contribution in [0.4, 0.5) is 10.5 Å². The summed E-state index contributed by atoms with van der Waals surface area (Å²) in [6, 6.07) is 3.67. The van der Waals surface area contributed by atoms with Crippen molar-refractivity contribution in [3.8, 4) is 11.5 Å². The molecule has 2 N–H and O–H groups in total. The van der Waals surface area contributed by atoms with Crippen molar-refractivity contribution < 1.29 is 14.1 Å². The van der Waals surface area contributed by atoms with E-state index in [1.165, 1.54) is 0 Å². The minimum atomic E-state index is -0.284. The first kappa shape index (κ1) is 15.3. The molecule has 0 aromatic carbocycles. The van der Waals surface area contributed by atoms with Crippen LogP contribution in [0.2, 0.25) is 0 Å². The summed E-state index contributed by atoms with van der Waals surface area (Å²) in [7, 11) is 0. The molecular weight excluding hydrogens is 296 g/mol.